The Bertz CT molecular complexity index is 381. The van der Waals surface area contributed by atoms with Crippen LogP contribution in [0.1, 0.15) is 11.6 Å². The second-order valence-corrected chi connectivity index (χ2v) is 3.63. The number of nitrogens with two attached hydrogens (primary N) is 1. The molecule has 8 heteroatoms. The van der Waals surface area contributed by atoms with Gasteiger partial charge in [-0.15, -0.1) is 12.4 Å². The Morgan fingerprint density at radius 3 is 2.12 bits per heavy atom. The molecule has 1 aromatic carbocycles. The van der Waals surface area contributed by atoms with Crippen molar-refractivity contribution < 1.29 is 22.0 Å². The highest BCUT2D eigenvalue weighted by atomic mass is 79.9. The van der Waals surface area contributed by atoms with Crippen LogP contribution in [-0.4, -0.2) is 6.18 Å². The molecule has 1 aromatic rings. The third kappa shape index (κ3) is 3.05. The van der Waals surface area contributed by atoms with Crippen LogP contribution in [0.25, 0.3) is 0 Å². The summed E-state index contributed by atoms with van der Waals surface area (Å²) in [5.74, 6) is -2.65. The average molecular weight is 326 g/mol. The maximum absolute atomic E-state index is 13.2. The van der Waals surface area contributed by atoms with Crippen molar-refractivity contribution in [3.63, 3.8) is 0 Å². The summed E-state index contributed by atoms with van der Waals surface area (Å²) < 4.78 is 62.3. The lowest BCUT2D eigenvalue weighted by atomic mass is 10.1. The fraction of sp³-hybridized carbons (Fsp3) is 0.250. The third-order valence-corrected chi connectivity index (χ3v) is 2.36. The van der Waals surface area contributed by atoms with E-state index in [0.29, 0.717) is 6.07 Å². The molecule has 0 aliphatic heterocycles. The van der Waals surface area contributed by atoms with Gasteiger partial charge in [0.25, 0.3) is 0 Å². The first-order valence-electron chi connectivity index (χ1n) is 3.71. The first-order valence-corrected chi connectivity index (χ1v) is 4.50. The monoisotopic (exact) mass is 325 g/mol. The average Bonchev–Trinajstić information content (AvgIpc) is 2.10. The molecule has 16 heavy (non-hydrogen) atoms. The zero-order chi connectivity index (χ0) is 11.8. The fourth-order valence-electron chi connectivity index (χ4n) is 0.992. The van der Waals surface area contributed by atoms with E-state index >= 15 is 0 Å². The van der Waals surface area contributed by atoms with Crippen LogP contribution in [0.5, 0.6) is 0 Å². The standard InChI is InChI=1S/C8H5BrF5N.ClH/c9-3-1-2-4(10)5(6(3)11)7(15)8(12,13)14;/h1-2,7H,15H2;1H/t7-;/m1./s1. The molecule has 0 bridgehead atoms. The van der Waals surface area contributed by atoms with E-state index in [4.69, 9.17) is 5.73 Å². The molecule has 1 rings (SSSR count). The number of hydrogen-bond donors (Lipinski definition) is 1. The van der Waals surface area contributed by atoms with Crippen LogP contribution in [0.15, 0.2) is 16.6 Å². The van der Waals surface area contributed by atoms with Gasteiger partial charge in [-0.25, -0.2) is 8.78 Å². The molecule has 0 heterocycles. The van der Waals surface area contributed by atoms with E-state index in [9.17, 15) is 22.0 Å². The quantitative estimate of drug-likeness (QED) is 0.618. The second-order valence-electron chi connectivity index (χ2n) is 2.78. The number of rotatable bonds is 1. The summed E-state index contributed by atoms with van der Waals surface area (Å²) in [6.07, 6.45) is -4.89. The summed E-state index contributed by atoms with van der Waals surface area (Å²) in [4.78, 5) is 0. The summed E-state index contributed by atoms with van der Waals surface area (Å²) in [5, 5.41) is 0. The Labute approximate surface area is 102 Å². The third-order valence-electron chi connectivity index (χ3n) is 1.74. The Balaban J connectivity index is 0.00000225. The van der Waals surface area contributed by atoms with E-state index < -0.39 is 29.4 Å². The maximum atomic E-state index is 13.2. The van der Waals surface area contributed by atoms with E-state index in [1.54, 1.807) is 0 Å². The van der Waals surface area contributed by atoms with Gasteiger partial charge in [-0.1, -0.05) is 0 Å². The van der Waals surface area contributed by atoms with Crippen molar-refractivity contribution >= 4 is 28.3 Å². The van der Waals surface area contributed by atoms with Gasteiger partial charge >= 0.3 is 6.18 Å². The van der Waals surface area contributed by atoms with Gasteiger partial charge in [-0.3, -0.25) is 0 Å². The largest absolute Gasteiger partial charge is 0.407 e. The fourth-order valence-corrected chi connectivity index (χ4v) is 1.34. The minimum atomic E-state index is -4.89. The van der Waals surface area contributed by atoms with E-state index in [-0.39, 0.29) is 16.9 Å². The van der Waals surface area contributed by atoms with Crippen molar-refractivity contribution in [2.45, 2.75) is 12.2 Å². The van der Waals surface area contributed by atoms with Gasteiger partial charge in [0.15, 0.2) is 0 Å². The van der Waals surface area contributed by atoms with Crippen LogP contribution >= 0.6 is 28.3 Å². The van der Waals surface area contributed by atoms with Gasteiger partial charge < -0.3 is 5.73 Å². The molecule has 0 saturated carbocycles. The molecule has 0 radical (unpaired) electrons. The maximum Gasteiger partial charge on any atom is 0.407 e. The van der Waals surface area contributed by atoms with Gasteiger partial charge in [0.05, 0.1) is 10.0 Å². The van der Waals surface area contributed by atoms with E-state index in [2.05, 4.69) is 15.9 Å². The zero-order valence-corrected chi connectivity index (χ0v) is 9.89. The molecule has 0 aliphatic carbocycles. The van der Waals surface area contributed by atoms with Crippen LogP contribution in [0.2, 0.25) is 0 Å². The molecule has 0 spiro atoms. The Kier molecular flexibility index (Phi) is 5.15. The second kappa shape index (κ2) is 5.29. The van der Waals surface area contributed by atoms with Crippen LogP contribution < -0.4 is 5.73 Å². The molecule has 0 saturated heterocycles. The van der Waals surface area contributed by atoms with Gasteiger partial charge in [0.2, 0.25) is 0 Å². The molecule has 0 aliphatic rings. The van der Waals surface area contributed by atoms with Gasteiger partial charge in [0.1, 0.15) is 17.7 Å². The number of alkyl halides is 3. The molecule has 0 aromatic heterocycles. The highest BCUT2D eigenvalue weighted by Crippen LogP contribution is 2.35. The van der Waals surface area contributed by atoms with Crippen molar-refractivity contribution in [2.75, 3.05) is 0 Å². The predicted molar refractivity (Wildman–Crippen MR) is 54.3 cm³/mol. The molecule has 0 fully saturated rings. The summed E-state index contributed by atoms with van der Waals surface area (Å²) in [6.45, 7) is 0. The lowest BCUT2D eigenvalue weighted by Crippen LogP contribution is -2.30. The SMILES string of the molecule is Cl.N[C@H](c1c(F)ccc(Br)c1F)C(F)(F)F. The van der Waals surface area contributed by atoms with Gasteiger partial charge in [-0.05, 0) is 28.1 Å². The molecule has 0 amide bonds. The number of benzene rings is 1. The lowest BCUT2D eigenvalue weighted by Gasteiger charge is -2.17. The number of halogens is 7. The van der Waals surface area contributed by atoms with Gasteiger partial charge in [-0.2, -0.15) is 13.2 Å². The van der Waals surface area contributed by atoms with Crippen molar-refractivity contribution in [1.29, 1.82) is 0 Å². The van der Waals surface area contributed by atoms with Crippen LogP contribution in [0, 0.1) is 11.6 Å². The topological polar surface area (TPSA) is 26.0 Å². The smallest absolute Gasteiger partial charge is 0.316 e. The van der Waals surface area contributed by atoms with E-state index in [0.717, 1.165) is 6.07 Å². The summed E-state index contributed by atoms with van der Waals surface area (Å²) >= 11 is 2.65. The van der Waals surface area contributed by atoms with E-state index in [1.165, 1.54) is 0 Å². The van der Waals surface area contributed by atoms with Crippen molar-refractivity contribution in [2.24, 2.45) is 5.73 Å². The highest BCUT2D eigenvalue weighted by Gasteiger charge is 2.41. The van der Waals surface area contributed by atoms with Crippen LogP contribution in [-0.2, 0) is 0 Å². The van der Waals surface area contributed by atoms with Crippen molar-refractivity contribution in [1.82, 2.24) is 0 Å². The van der Waals surface area contributed by atoms with Crippen molar-refractivity contribution in [3.8, 4) is 0 Å². The molecule has 92 valence electrons. The summed E-state index contributed by atoms with van der Waals surface area (Å²) in [6, 6.07) is -0.985. The van der Waals surface area contributed by atoms with Crippen LogP contribution in [0.3, 0.4) is 0 Å². The summed E-state index contributed by atoms with van der Waals surface area (Å²) in [5.41, 5.74) is 3.53. The van der Waals surface area contributed by atoms with Crippen molar-refractivity contribution in [3.05, 3.63) is 33.8 Å². The minimum Gasteiger partial charge on any atom is -0.316 e. The predicted octanol–water partition coefficient (Wildman–Crippen LogP) is 3.71. The Morgan fingerprint density at radius 2 is 1.69 bits per heavy atom. The molecule has 0 unspecified atom stereocenters. The molecule has 1 nitrogen and oxygen atoms in total. The van der Waals surface area contributed by atoms with Gasteiger partial charge in [0, 0.05) is 0 Å². The lowest BCUT2D eigenvalue weighted by molar-refractivity contribution is -0.150. The first kappa shape index (κ1) is 15.6. The minimum absolute atomic E-state index is 0. The number of hydrogen-bond acceptors (Lipinski definition) is 1. The van der Waals surface area contributed by atoms with Crippen LogP contribution in [0.4, 0.5) is 22.0 Å². The Hall–Kier alpha value is -0.400. The highest BCUT2D eigenvalue weighted by molar-refractivity contribution is 9.10. The molecule has 1 atom stereocenters. The Morgan fingerprint density at radius 1 is 1.19 bits per heavy atom. The molecule has 2 N–H and O–H groups in total. The van der Waals surface area contributed by atoms with E-state index in [1.807, 2.05) is 0 Å². The molecular formula is C8H6BrClF5N. The molecular weight excluding hydrogens is 320 g/mol. The zero-order valence-electron chi connectivity index (χ0n) is 7.49. The normalized spacial score (nSPS) is 13.2. The summed E-state index contributed by atoms with van der Waals surface area (Å²) in [7, 11) is 0. The first-order chi connectivity index (χ1) is 6.75.